The van der Waals surface area contributed by atoms with E-state index in [0.717, 1.165) is 22.5 Å². The lowest BCUT2D eigenvalue weighted by Gasteiger charge is -2.35. The summed E-state index contributed by atoms with van der Waals surface area (Å²) in [6.45, 7) is 0.551. The zero-order valence-electron chi connectivity index (χ0n) is 20.8. The van der Waals surface area contributed by atoms with E-state index < -0.39 is 24.4 Å². The number of nitrogens with one attached hydrogen (secondary N) is 1. The molecule has 1 aliphatic carbocycles. The van der Waals surface area contributed by atoms with Crippen LogP contribution in [0.4, 0.5) is 22.0 Å². The third-order valence-electron chi connectivity index (χ3n) is 7.20. The zero-order valence-corrected chi connectivity index (χ0v) is 20.8. The Morgan fingerprint density at radius 2 is 1.95 bits per heavy atom. The topological polar surface area (TPSA) is 72.3 Å². The monoisotopic (exact) mass is 529 g/mol. The van der Waals surface area contributed by atoms with Gasteiger partial charge in [-0.1, -0.05) is 6.07 Å². The highest BCUT2D eigenvalue weighted by molar-refractivity contribution is 5.78. The number of halogens is 5. The lowest BCUT2D eigenvalue weighted by atomic mass is 9.81. The number of hydrogen-bond donors (Lipinski definition) is 1. The van der Waals surface area contributed by atoms with Crippen molar-refractivity contribution in [1.82, 2.24) is 25.0 Å². The van der Waals surface area contributed by atoms with E-state index in [1.165, 1.54) is 19.3 Å². The number of pyridine rings is 1. The van der Waals surface area contributed by atoms with Crippen LogP contribution in [-0.4, -0.2) is 69.7 Å². The average molecular weight is 530 g/mol. The number of ether oxygens (including phenoxy) is 1. The molecule has 4 rings (SSSR count). The molecule has 2 aliphatic rings. The number of fused-ring (bicyclic) bond motifs is 1. The number of aryl methyl sites for hydroxylation is 1. The average Bonchev–Trinajstić information content (AvgIpc) is 3.04. The van der Waals surface area contributed by atoms with Crippen LogP contribution < -0.4 is 10.1 Å². The minimum atomic E-state index is -4.42. The summed E-state index contributed by atoms with van der Waals surface area (Å²) in [6, 6.07) is 3.08. The molecule has 0 radical (unpaired) electrons. The summed E-state index contributed by atoms with van der Waals surface area (Å²) in [5.74, 6) is -0.876. The van der Waals surface area contributed by atoms with Crippen LogP contribution in [0, 0.1) is 5.95 Å². The maximum Gasteiger partial charge on any atom is 0.422 e. The SMILES string of the molecule is Cn1ncc(CC(=O)N[C@H]2CC[C@](F)(CCN3CCc4ccc(OCC(F)(F)F)nc4CC3)CC2)c1F. The van der Waals surface area contributed by atoms with E-state index in [2.05, 4.69) is 20.3 Å². The second kappa shape index (κ2) is 11.3. The van der Waals surface area contributed by atoms with Crippen LogP contribution in [0.3, 0.4) is 0 Å². The van der Waals surface area contributed by atoms with Crippen molar-refractivity contribution in [2.75, 3.05) is 26.2 Å². The second-order valence-electron chi connectivity index (χ2n) is 10.0. The van der Waals surface area contributed by atoms with E-state index in [1.54, 1.807) is 6.07 Å². The summed E-state index contributed by atoms with van der Waals surface area (Å²) in [5, 5.41) is 6.68. The molecule has 0 saturated heterocycles. The van der Waals surface area contributed by atoms with E-state index in [4.69, 9.17) is 4.74 Å². The lowest BCUT2D eigenvalue weighted by molar-refractivity contribution is -0.154. The molecule has 0 spiro atoms. The van der Waals surface area contributed by atoms with Crippen molar-refractivity contribution in [3.8, 4) is 5.88 Å². The molecular weight excluding hydrogens is 497 g/mol. The molecule has 1 aliphatic heterocycles. The van der Waals surface area contributed by atoms with Crippen LogP contribution in [0.2, 0.25) is 0 Å². The van der Waals surface area contributed by atoms with Crippen molar-refractivity contribution in [3.63, 3.8) is 0 Å². The molecule has 0 aromatic carbocycles. The van der Waals surface area contributed by atoms with Gasteiger partial charge in [-0.15, -0.1) is 0 Å². The molecule has 1 saturated carbocycles. The summed E-state index contributed by atoms with van der Waals surface area (Å²) in [7, 11) is 1.47. The lowest BCUT2D eigenvalue weighted by Crippen LogP contribution is -2.43. The van der Waals surface area contributed by atoms with E-state index in [-0.39, 0.29) is 29.8 Å². The third-order valence-corrected chi connectivity index (χ3v) is 7.20. The smallest absolute Gasteiger partial charge is 0.422 e. The summed E-state index contributed by atoms with van der Waals surface area (Å²) in [6.07, 6.45) is 0.163. The van der Waals surface area contributed by atoms with Gasteiger partial charge in [0, 0.05) is 56.5 Å². The molecule has 0 atom stereocenters. The number of carbonyl (C=O) groups is 1. The molecule has 37 heavy (non-hydrogen) atoms. The Bertz CT molecular complexity index is 1080. The molecule has 7 nitrogen and oxygen atoms in total. The van der Waals surface area contributed by atoms with Crippen molar-refractivity contribution < 1.29 is 31.5 Å². The fourth-order valence-electron chi connectivity index (χ4n) is 4.99. The van der Waals surface area contributed by atoms with Gasteiger partial charge in [-0.3, -0.25) is 4.79 Å². The van der Waals surface area contributed by atoms with Crippen LogP contribution in [0.25, 0.3) is 0 Å². The molecule has 2 aromatic rings. The molecule has 2 aromatic heterocycles. The van der Waals surface area contributed by atoms with Gasteiger partial charge in [-0.05, 0) is 44.1 Å². The normalized spacial score (nSPS) is 22.8. The zero-order chi connectivity index (χ0) is 26.6. The quantitative estimate of drug-likeness (QED) is 0.529. The predicted molar refractivity (Wildman–Crippen MR) is 125 cm³/mol. The molecule has 0 bridgehead atoms. The van der Waals surface area contributed by atoms with Gasteiger partial charge in [-0.2, -0.15) is 22.7 Å². The van der Waals surface area contributed by atoms with E-state index in [1.807, 2.05) is 0 Å². The van der Waals surface area contributed by atoms with Gasteiger partial charge in [0.25, 0.3) is 0 Å². The van der Waals surface area contributed by atoms with Crippen molar-refractivity contribution in [2.24, 2.45) is 7.05 Å². The highest BCUT2D eigenvalue weighted by Crippen LogP contribution is 2.35. The number of rotatable bonds is 8. The van der Waals surface area contributed by atoms with Gasteiger partial charge >= 0.3 is 6.18 Å². The number of alkyl halides is 4. The molecule has 204 valence electrons. The highest BCUT2D eigenvalue weighted by Gasteiger charge is 2.36. The Morgan fingerprint density at radius 1 is 1.22 bits per heavy atom. The first-order valence-electron chi connectivity index (χ1n) is 12.5. The summed E-state index contributed by atoms with van der Waals surface area (Å²) in [5.41, 5.74) is 0.612. The first-order valence-corrected chi connectivity index (χ1v) is 12.5. The van der Waals surface area contributed by atoms with E-state index >= 15 is 4.39 Å². The van der Waals surface area contributed by atoms with Gasteiger partial charge in [0.05, 0.1) is 12.6 Å². The first-order chi connectivity index (χ1) is 17.5. The van der Waals surface area contributed by atoms with E-state index in [0.29, 0.717) is 58.0 Å². The highest BCUT2D eigenvalue weighted by atomic mass is 19.4. The Kier molecular flexibility index (Phi) is 8.35. The molecule has 3 heterocycles. The number of amides is 1. The maximum atomic E-state index is 15.5. The summed E-state index contributed by atoms with van der Waals surface area (Å²) in [4.78, 5) is 18.7. The molecule has 1 N–H and O–H groups in total. The number of carbonyl (C=O) groups excluding carboxylic acids is 1. The van der Waals surface area contributed by atoms with Crippen molar-refractivity contribution in [1.29, 1.82) is 0 Å². The number of nitrogens with zero attached hydrogens (tertiary/aromatic N) is 4. The molecule has 0 unspecified atom stereocenters. The second-order valence-corrected chi connectivity index (χ2v) is 10.0. The first kappa shape index (κ1) is 27.3. The van der Waals surface area contributed by atoms with E-state index in [9.17, 15) is 22.4 Å². The molecule has 1 amide bonds. The van der Waals surface area contributed by atoms with Crippen LogP contribution >= 0.6 is 0 Å². The van der Waals surface area contributed by atoms with Gasteiger partial charge < -0.3 is 15.0 Å². The standard InChI is InChI=1S/C25H32F5N5O2/c1-34-23(26)18(15-31-34)14-21(36)32-19-4-8-24(27,9-5-19)10-13-35-11-6-17-2-3-22(33-20(17)7-12-35)37-16-25(28,29)30/h2-3,15,19H,4-14,16H2,1H3,(H,32,36)/t19-,24+. The Morgan fingerprint density at radius 3 is 2.62 bits per heavy atom. The van der Waals surface area contributed by atoms with Crippen molar-refractivity contribution >= 4 is 5.91 Å². The Balaban J connectivity index is 1.20. The van der Waals surface area contributed by atoms with Gasteiger partial charge in [0.15, 0.2) is 6.61 Å². The third kappa shape index (κ3) is 7.62. The van der Waals surface area contributed by atoms with Crippen LogP contribution in [0.1, 0.15) is 48.9 Å². The number of hydrogen-bond acceptors (Lipinski definition) is 5. The van der Waals surface area contributed by atoms with Gasteiger partial charge in [0.2, 0.25) is 17.7 Å². The van der Waals surface area contributed by atoms with Gasteiger partial charge in [0.1, 0.15) is 5.67 Å². The van der Waals surface area contributed by atoms with Crippen molar-refractivity contribution in [2.45, 2.75) is 69.3 Å². The Hall–Kier alpha value is -2.76. The van der Waals surface area contributed by atoms with Crippen molar-refractivity contribution in [3.05, 3.63) is 41.1 Å². The molecular formula is C25H32F5N5O2. The molecule has 12 heteroatoms. The van der Waals surface area contributed by atoms with Crippen LogP contribution in [-0.2, 0) is 31.1 Å². The summed E-state index contributed by atoms with van der Waals surface area (Å²) < 4.78 is 72.5. The summed E-state index contributed by atoms with van der Waals surface area (Å²) >= 11 is 0. The maximum absolute atomic E-state index is 15.5. The number of aromatic nitrogens is 3. The largest absolute Gasteiger partial charge is 0.468 e. The fourth-order valence-corrected chi connectivity index (χ4v) is 4.99. The minimum Gasteiger partial charge on any atom is -0.468 e. The minimum absolute atomic E-state index is 0.0401. The molecule has 1 fully saturated rings. The van der Waals surface area contributed by atoms with Crippen LogP contribution in [0.5, 0.6) is 5.88 Å². The predicted octanol–water partition coefficient (Wildman–Crippen LogP) is 3.70. The van der Waals surface area contributed by atoms with Gasteiger partial charge in [-0.25, -0.2) is 14.1 Å². The fraction of sp³-hybridized carbons (Fsp3) is 0.640. The Labute approximate surface area is 212 Å². The van der Waals surface area contributed by atoms with Crippen LogP contribution in [0.15, 0.2) is 18.3 Å².